The van der Waals surface area contributed by atoms with E-state index in [2.05, 4.69) is 61.9 Å². The third kappa shape index (κ3) is 17.1. The van der Waals surface area contributed by atoms with Crippen molar-refractivity contribution in [1.29, 1.82) is 0 Å². The average molecular weight is 1290 g/mol. The highest BCUT2D eigenvalue weighted by Crippen LogP contribution is 2.49. The zero-order valence-corrected chi connectivity index (χ0v) is 46.4. The third-order valence-electron chi connectivity index (χ3n) is 9.84. The van der Waals surface area contributed by atoms with Gasteiger partial charge in [0.2, 0.25) is 0 Å². The molecule has 0 amide bonds. The van der Waals surface area contributed by atoms with Crippen molar-refractivity contribution in [3.8, 4) is 5.75 Å². The van der Waals surface area contributed by atoms with Crippen molar-refractivity contribution >= 4 is 145 Å². The second kappa shape index (κ2) is 25.1. The van der Waals surface area contributed by atoms with Crippen molar-refractivity contribution < 1.29 is 109 Å². The number of thiol groups is 1. The van der Waals surface area contributed by atoms with E-state index in [0.717, 1.165) is 61.7 Å². The molecular weight excluding hydrogens is 1260 g/mol. The smallest absolute Gasteiger partial charge is 0.397 e. The lowest BCUT2D eigenvalue weighted by Gasteiger charge is -2.13. The summed E-state index contributed by atoms with van der Waals surface area (Å²) < 4.78 is 254. The van der Waals surface area contributed by atoms with Crippen LogP contribution in [0.4, 0.5) is 60.0 Å². The molecule has 0 bridgehead atoms. The van der Waals surface area contributed by atoms with E-state index in [0.29, 0.717) is 30.3 Å². The summed E-state index contributed by atoms with van der Waals surface area (Å²) in [5, 5.41) is 46.3. The molecule has 32 nitrogen and oxygen atoms in total. The topological polar surface area (TPSA) is 524 Å². The quantitative estimate of drug-likeness (QED) is 0.0153. The van der Waals surface area contributed by atoms with Crippen molar-refractivity contribution in [2.24, 2.45) is 40.9 Å². The summed E-state index contributed by atoms with van der Waals surface area (Å²) in [6.45, 7) is -1.86. The molecule has 0 aromatic heterocycles. The summed E-state index contributed by atoms with van der Waals surface area (Å²) in [4.78, 5) is -4.73. The number of fused-ring (bicyclic) bond motifs is 1. The molecule has 0 saturated heterocycles. The van der Waals surface area contributed by atoms with Gasteiger partial charge in [0.05, 0.1) is 57.0 Å². The minimum atomic E-state index is -5.42. The Morgan fingerprint density at radius 2 is 0.840 bits per heavy atom. The van der Waals surface area contributed by atoms with Gasteiger partial charge in [-0.3, -0.25) is 22.8 Å². The van der Waals surface area contributed by atoms with Crippen LogP contribution < -0.4 is 5.73 Å². The van der Waals surface area contributed by atoms with Crippen LogP contribution in [0.2, 0.25) is 0 Å². The molecule has 81 heavy (non-hydrogen) atoms. The molecule has 0 unspecified atom stereocenters. The molecular formula is C39H35F2N9O23S8. The monoisotopic (exact) mass is 1290 g/mol. The zero-order valence-electron chi connectivity index (χ0n) is 39.8. The lowest BCUT2D eigenvalue weighted by molar-refractivity contribution is 0.282. The van der Waals surface area contributed by atoms with Gasteiger partial charge in [-0.1, -0.05) is 0 Å². The maximum Gasteiger partial charge on any atom is 0.397 e. The number of hydrogen-bond donors (Lipinski definition) is 9. The Morgan fingerprint density at radius 1 is 0.481 bits per heavy atom. The number of phenolic OH excluding ortho intramolecular Hbond substituents is 1. The fourth-order valence-corrected chi connectivity index (χ4v) is 11.5. The van der Waals surface area contributed by atoms with Crippen LogP contribution in [-0.2, 0) is 79.2 Å². The fraction of sp³-hybridized carbons (Fsp3) is 0.128. The molecule has 0 aliphatic carbocycles. The second-order valence-corrected chi connectivity index (χ2v) is 26.3. The number of anilines is 1. The van der Waals surface area contributed by atoms with E-state index in [1.54, 1.807) is 0 Å². The number of rotatable bonds is 21. The number of aliphatic hydroxyl groups is 1. The minimum absolute atomic E-state index is 0.144. The summed E-state index contributed by atoms with van der Waals surface area (Å²) >= 11 is 4.17. The number of sulfone groups is 2. The molecule has 0 atom stereocenters. The van der Waals surface area contributed by atoms with E-state index in [9.17, 15) is 77.7 Å². The van der Waals surface area contributed by atoms with Crippen LogP contribution in [0.1, 0.15) is 0 Å². The molecule has 6 aromatic rings. The maximum atomic E-state index is 15.5. The van der Waals surface area contributed by atoms with E-state index in [1.165, 1.54) is 0 Å². The minimum Gasteiger partial charge on any atom is -0.505 e. The maximum absolute atomic E-state index is 15.5. The second-order valence-electron chi connectivity index (χ2n) is 15.2. The number of nitrogens with two attached hydrogens (primary N) is 1. The van der Waals surface area contributed by atoms with Crippen LogP contribution >= 0.6 is 12.6 Å². The molecule has 0 saturated carbocycles. The Kier molecular flexibility index (Phi) is 20.1. The number of benzene rings is 6. The van der Waals surface area contributed by atoms with Crippen molar-refractivity contribution in [2.75, 3.05) is 37.6 Å². The van der Waals surface area contributed by atoms with E-state index in [4.69, 9.17) is 19.9 Å². The normalized spacial score (nSPS) is 13.2. The Morgan fingerprint density at radius 3 is 1.20 bits per heavy atom. The number of hydrogen-bond acceptors (Lipinski definition) is 28. The average Bonchev–Trinajstić information content (AvgIpc) is 3.56. The van der Waals surface area contributed by atoms with Gasteiger partial charge in [0, 0.05) is 24.1 Å². The van der Waals surface area contributed by atoms with Crippen LogP contribution in [0.15, 0.2) is 155 Å². The number of nitrogen functional groups attached to an aromatic ring is 1. The van der Waals surface area contributed by atoms with Gasteiger partial charge in [0.1, 0.15) is 48.8 Å². The Bertz CT molecular complexity index is 4430. The number of halogens is 2. The summed E-state index contributed by atoms with van der Waals surface area (Å²) in [6.07, 6.45) is 0. The van der Waals surface area contributed by atoms with E-state index < -0.39 is 178 Å². The van der Waals surface area contributed by atoms with Gasteiger partial charge in [0.25, 0.3) is 30.4 Å². The van der Waals surface area contributed by atoms with Crippen molar-refractivity contribution in [3.63, 3.8) is 0 Å². The Labute approximate surface area is 461 Å². The van der Waals surface area contributed by atoms with E-state index in [-0.39, 0.29) is 26.6 Å². The highest BCUT2D eigenvalue weighted by Gasteiger charge is 2.27. The standard InChI is InChI=1S/C38H31F2N9O22S8.CH4O/c39-24-15-28(31(75(55,56)57)17-26(24)44-42-20-1-5-22(6-2-20)73(51,52)11-9-70-78(64,65)66)46-48-36-30(72)13-19-14-33(77(61,62)63)37(35(41)34(19)38(36)50)49-47-29-16-25(40)27(18-32(29)76(58,59)60)45-43-21-3-7-23(8-4-21)74(53,54)12-10-71-79(67,68)69;1-2/h1-8,13-18,50,72H,9-12,41H2,(H,55,56,57)(H,58,59,60)(H,61,62,63)(H,64,65,66)(H,67,68,69);2H,1H3. The van der Waals surface area contributed by atoms with Crippen LogP contribution in [0.3, 0.4) is 0 Å². The lowest BCUT2D eigenvalue weighted by Crippen LogP contribution is -2.15. The first kappa shape index (κ1) is 64.9. The number of aromatic hydroxyl groups is 1. The number of nitrogens with zero attached hydrogens (tertiary/aromatic N) is 8. The Hall–Kier alpha value is -6.88. The largest absolute Gasteiger partial charge is 0.505 e. The van der Waals surface area contributed by atoms with E-state index in [1.807, 2.05) is 0 Å². The first-order valence-corrected chi connectivity index (χ1v) is 31.6. The number of azo groups is 4. The van der Waals surface area contributed by atoms with Crippen LogP contribution in [0.5, 0.6) is 5.75 Å². The van der Waals surface area contributed by atoms with Crippen LogP contribution in [-0.4, -0.2) is 124 Å². The van der Waals surface area contributed by atoms with Crippen LogP contribution in [0, 0.1) is 11.6 Å². The first-order valence-electron chi connectivity index (χ1n) is 20.8. The third-order valence-corrected chi connectivity index (χ3v) is 17.1. The van der Waals surface area contributed by atoms with Crippen molar-refractivity contribution in [3.05, 3.63) is 96.6 Å². The molecule has 6 rings (SSSR count). The van der Waals surface area contributed by atoms with Gasteiger partial charge in [-0.15, -0.1) is 43.3 Å². The van der Waals surface area contributed by atoms with Gasteiger partial charge >= 0.3 is 20.8 Å². The van der Waals surface area contributed by atoms with Gasteiger partial charge < -0.3 is 15.9 Å². The van der Waals surface area contributed by atoms with E-state index >= 15 is 8.78 Å². The predicted molar refractivity (Wildman–Crippen MR) is 276 cm³/mol. The number of phenols is 1. The summed E-state index contributed by atoms with van der Waals surface area (Å²) in [7, 11) is -33.4. The first-order chi connectivity index (χ1) is 37.3. The molecule has 42 heteroatoms. The molecule has 0 aliphatic heterocycles. The highest BCUT2D eigenvalue weighted by atomic mass is 32.3. The Balaban J connectivity index is 0.00000595. The fourth-order valence-electron chi connectivity index (χ4n) is 6.31. The van der Waals surface area contributed by atoms with Gasteiger partial charge in [0.15, 0.2) is 37.1 Å². The van der Waals surface area contributed by atoms with Gasteiger partial charge in [-0.2, -0.15) is 52.3 Å². The van der Waals surface area contributed by atoms with Crippen molar-refractivity contribution in [2.45, 2.75) is 29.4 Å². The molecule has 436 valence electrons. The molecule has 0 fully saturated rings. The molecule has 0 aliphatic rings. The van der Waals surface area contributed by atoms with Crippen molar-refractivity contribution in [1.82, 2.24) is 0 Å². The predicted octanol–water partition coefficient (Wildman–Crippen LogP) is 6.89. The van der Waals surface area contributed by atoms with Gasteiger partial charge in [-0.05, 0) is 78.2 Å². The SMILES string of the molecule is CO.Nc1c(N=Nc2cc(F)c(N=Nc3ccc(S(=O)(=O)CCOS(=O)(=O)O)cc3)cc2S(=O)(=O)O)c(S(=O)(=O)O)cc2cc(S)c(N=Nc3cc(F)c(N=Nc4ccc(S(=O)(=O)CCOS(=O)(=O)O)cc4)cc3S(=O)(=O)O)c(O)c12. The summed E-state index contributed by atoms with van der Waals surface area (Å²) in [5.74, 6) is -5.62. The molecule has 0 spiro atoms. The molecule has 9 N–H and O–H groups in total. The van der Waals surface area contributed by atoms with Gasteiger partial charge in [-0.25, -0.2) is 34.0 Å². The molecule has 0 radical (unpaired) electrons. The molecule has 6 aromatic carbocycles. The summed E-state index contributed by atoms with van der Waals surface area (Å²) in [6, 6.07) is 11.3. The zero-order chi connectivity index (χ0) is 60.8. The number of aliphatic hydroxyl groups excluding tert-OH is 1. The molecule has 0 heterocycles. The summed E-state index contributed by atoms with van der Waals surface area (Å²) in [5.41, 5.74) is -0.558. The van der Waals surface area contributed by atoms with Crippen LogP contribution in [0.25, 0.3) is 10.8 Å². The highest BCUT2D eigenvalue weighted by molar-refractivity contribution is 7.92. The lowest BCUT2D eigenvalue weighted by atomic mass is 10.1.